The second-order valence-corrected chi connectivity index (χ2v) is 12.3. The summed E-state index contributed by atoms with van der Waals surface area (Å²) in [6.45, 7) is -2.87. The zero-order valence-electron chi connectivity index (χ0n) is 25.3. The van der Waals surface area contributed by atoms with Crippen LogP contribution in [0.2, 0.25) is 0 Å². The number of aromatic nitrogens is 1. The van der Waals surface area contributed by atoms with Crippen LogP contribution in [0.4, 0.5) is 39.5 Å². The number of likely N-dealkylation sites (tertiary alicyclic amines) is 1. The number of rotatable bonds is 7. The molecule has 1 saturated heterocycles. The summed E-state index contributed by atoms with van der Waals surface area (Å²) in [6, 6.07) is 8.06. The van der Waals surface area contributed by atoms with Crippen molar-refractivity contribution in [3.8, 4) is 0 Å². The predicted molar refractivity (Wildman–Crippen MR) is 154 cm³/mol. The molecule has 2 heterocycles. The van der Waals surface area contributed by atoms with Gasteiger partial charge in [0.05, 0.1) is 17.6 Å². The zero-order chi connectivity index (χ0) is 35.4. The quantitative estimate of drug-likeness (QED) is 0.299. The number of carbonyl (C=O) groups excluding carboxylic acids is 1. The summed E-state index contributed by atoms with van der Waals surface area (Å²) in [5.41, 5.74) is -4.49. The zero-order valence-corrected chi connectivity index (χ0v) is 25.3. The Kier molecular flexibility index (Phi) is 9.12. The first-order valence-corrected chi connectivity index (χ1v) is 14.9. The SMILES string of the molecule is Cn1c(=O)c(C2CCc3c(C[C@H](NC(=O)C4(C(F)(F)F)CCN(CC(F)(F)F)CC4)C(=O)O)cccc32)c(C(F)(F)F)c2ccccc21. The molecule has 1 unspecified atom stereocenters. The summed E-state index contributed by atoms with van der Waals surface area (Å²) in [6.07, 6.45) is -17.2. The highest BCUT2D eigenvalue weighted by atomic mass is 19.4. The van der Waals surface area contributed by atoms with Crippen LogP contribution in [0, 0.1) is 5.41 Å². The smallest absolute Gasteiger partial charge is 0.417 e. The lowest BCUT2D eigenvalue weighted by molar-refractivity contribution is -0.236. The molecule has 1 fully saturated rings. The summed E-state index contributed by atoms with van der Waals surface area (Å²) in [5, 5.41) is 11.7. The molecule has 0 spiro atoms. The molecule has 2 N–H and O–H groups in total. The van der Waals surface area contributed by atoms with Crippen molar-refractivity contribution in [3.63, 3.8) is 0 Å². The van der Waals surface area contributed by atoms with E-state index in [1.54, 1.807) is 0 Å². The van der Waals surface area contributed by atoms with Crippen molar-refractivity contribution in [1.82, 2.24) is 14.8 Å². The highest BCUT2D eigenvalue weighted by molar-refractivity contribution is 5.88. The summed E-state index contributed by atoms with van der Waals surface area (Å²) >= 11 is 0. The number of alkyl halides is 9. The van der Waals surface area contributed by atoms with Crippen LogP contribution in [-0.4, -0.2) is 64.5 Å². The Hall–Kier alpha value is -4.08. The molecule has 3 aromatic rings. The van der Waals surface area contributed by atoms with Crippen LogP contribution in [-0.2, 0) is 35.7 Å². The highest BCUT2D eigenvalue weighted by Gasteiger charge is 2.61. The average Bonchev–Trinajstić information content (AvgIpc) is 3.41. The first-order chi connectivity index (χ1) is 22.2. The monoisotopic (exact) mass is 691 g/mol. The molecular formula is C32H30F9N3O4. The van der Waals surface area contributed by atoms with E-state index in [1.807, 2.05) is 5.32 Å². The fraction of sp³-hybridized carbons (Fsp3) is 0.469. The number of carbonyl (C=O) groups is 2. The Morgan fingerprint density at radius 3 is 2.21 bits per heavy atom. The third-order valence-corrected chi connectivity index (χ3v) is 9.46. The maximum atomic E-state index is 14.6. The Morgan fingerprint density at radius 1 is 0.979 bits per heavy atom. The van der Waals surface area contributed by atoms with Gasteiger partial charge in [-0.3, -0.25) is 14.5 Å². The molecule has 16 heteroatoms. The van der Waals surface area contributed by atoms with Gasteiger partial charge in [0.2, 0.25) is 5.91 Å². The number of halogens is 9. The van der Waals surface area contributed by atoms with Gasteiger partial charge in [0.15, 0.2) is 0 Å². The van der Waals surface area contributed by atoms with Gasteiger partial charge in [-0.2, -0.15) is 39.5 Å². The number of nitrogens with one attached hydrogen (secondary N) is 1. The first-order valence-electron chi connectivity index (χ1n) is 14.9. The number of para-hydroxylation sites is 1. The number of fused-ring (bicyclic) bond motifs is 2. The molecule has 2 aliphatic rings. The molecule has 0 radical (unpaired) electrons. The Morgan fingerprint density at radius 2 is 1.62 bits per heavy atom. The molecule has 0 saturated carbocycles. The number of nitrogens with zero attached hydrogens (tertiary/aromatic N) is 2. The molecule has 1 aromatic heterocycles. The Balaban J connectivity index is 1.46. The van der Waals surface area contributed by atoms with Gasteiger partial charge in [0.25, 0.3) is 5.56 Å². The van der Waals surface area contributed by atoms with Crippen molar-refractivity contribution in [2.45, 2.75) is 62.6 Å². The van der Waals surface area contributed by atoms with E-state index in [1.165, 1.54) is 49.5 Å². The van der Waals surface area contributed by atoms with Gasteiger partial charge in [0, 0.05) is 30.3 Å². The van der Waals surface area contributed by atoms with Gasteiger partial charge >= 0.3 is 24.5 Å². The van der Waals surface area contributed by atoms with Gasteiger partial charge < -0.3 is 15.0 Å². The van der Waals surface area contributed by atoms with E-state index >= 15 is 0 Å². The Bertz CT molecular complexity index is 1790. The summed E-state index contributed by atoms with van der Waals surface area (Å²) in [4.78, 5) is 39.6. The van der Waals surface area contributed by atoms with E-state index in [0.717, 1.165) is 9.47 Å². The molecule has 7 nitrogen and oxygen atoms in total. The first kappa shape index (κ1) is 35.2. The Labute approximate surface area is 267 Å². The number of aryl methyl sites for hydroxylation is 1. The number of benzene rings is 2. The molecule has 1 aliphatic heterocycles. The average molecular weight is 692 g/mol. The molecule has 260 valence electrons. The third kappa shape index (κ3) is 6.50. The molecular weight excluding hydrogens is 661 g/mol. The van der Waals surface area contributed by atoms with Crippen LogP contribution < -0.4 is 10.9 Å². The minimum absolute atomic E-state index is 0.0543. The fourth-order valence-electron chi connectivity index (χ4n) is 7.07. The maximum absolute atomic E-state index is 14.6. The summed E-state index contributed by atoms with van der Waals surface area (Å²) in [7, 11) is 1.36. The number of hydrogen-bond acceptors (Lipinski definition) is 4. The molecule has 1 aliphatic carbocycles. The van der Waals surface area contributed by atoms with Crippen molar-refractivity contribution in [3.05, 3.63) is 80.6 Å². The van der Waals surface area contributed by atoms with Crippen molar-refractivity contribution >= 4 is 22.8 Å². The number of carboxylic acid groups (broad SMARTS) is 1. The van der Waals surface area contributed by atoms with E-state index in [9.17, 15) is 59.0 Å². The normalized spacial score (nSPS) is 19.2. The number of hydrogen-bond donors (Lipinski definition) is 2. The lowest BCUT2D eigenvalue weighted by Crippen LogP contribution is -2.59. The second-order valence-electron chi connectivity index (χ2n) is 12.3. The maximum Gasteiger partial charge on any atom is 0.417 e. The van der Waals surface area contributed by atoms with Gasteiger partial charge in [0.1, 0.15) is 11.5 Å². The standard InChI is InChI=1S/C32H30F9N3O4/c1-43-23-8-3-2-6-21(23)25(31(36,37)38)24(26(43)45)20-10-9-18-17(5-4-7-19(18)20)15-22(27(46)47)42-28(48)29(32(39,40)41)11-13-44(14-12-29)16-30(33,34)35/h2-8,20,22H,9-16H2,1H3,(H,42,48)(H,46,47)/t20?,22-/m0/s1. The van der Waals surface area contributed by atoms with Gasteiger partial charge in [-0.15, -0.1) is 0 Å². The van der Waals surface area contributed by atoms with Crippen molar-refractivity contribution < 1.29 is 54.2 Å². The van der Waals surface area contributed by atoms with E-state index in [-0.39, 0.29) is 29.3 Å². The minimum Gasteiger partial charge on any atom is -0.480 e. The van der Waals surface area contributed by atoms with Crippen LogP contribution >= 0.6 is 0 Å². The predicted octanol–water partition coefficient (Wildman–Crippen LogP) is 5.95. The van der Waals surface area contributed by atoms with Gasteiger partial charge in [-0.25, -0.2) is 4.79 Å². The van der Waals surface area contributed by atoms with E-state index in [0.29, 0.717) is 11.1 Å². The number of piperidine rings is 1. The second kappa shape index (κ2) is 12.4. The van der Waals surface area contributed by atoms with Crippen molar-refractivity contribution in [2.24, 2.45) is 12.5 Å². The van der Waals surface area contributed by atoms with Crippen LogP contribution in [0.15, 0.2) is 47.3 Å². The van der Waals surface area contributed by atoms with Crippen molar-refractivity contribution in [2.75, 3.05) is 19.6 Å². The summed E-state index contributed by atoms with van der Waals surface area (Å²) in [5.74, 6) is -4.41. The van der Waals surface area contributed by atoms with E-state index < -0.39 is 103 Å². The summed E-state index contributed by atoms with van der Waals surface area (Å²) < 4.78 is 126. The van der Waals surface area contributed by atoms with Crippen molar-refractivity contribution in [1.29, 1.82) is 0 Å². The largest absolute Gasteiger partial charge is 0.480 e. The number of amides is 1. The van der Waals surface area contributed by atoms with Crippen LogP contribution in [0.3, 0.4) is 0 Å². The number of carboxylic acids is 1. The van der Waals surface area contributed by atoms with Gasteiger partial charge in [-0.1, -0.05) is 36.4 Å². The molecule has 2 atom stereocenters. The fourth-order valence-corrected chi connectivity index (χ4v) is 7.07. The van der Waals surface area contributed by atoms with Crippen LogP contribution in [0.1, 0.15) is 53.0 Å². The topological polar surface area (TPSA) is 91.6 Å². The molecule has 0 bridgehead atoms. The van der Waals surface area contributed by atoms with E-state index in [4.69, 9.17) is 0 Å². The molecule has 5 rings (SSSR count). The van der Waals surface area contributed by atoms with Gasteiger partial charge in [-0.05, 0) is 61.5 Å². The number of aliphatic carboxylic acids is 1. The minimum atomic E-state index is -5.20. The number of pyridine rings is 1. The molecule has 2 aromatic carbocycles. The lowest BCUT2D eigenvalue weighted by atomic mass is 9.76. The third-order valence-electron chi connectivity index (χ3n) is 9.46. The molecule has 1 amide bonds. The van der Waals surface area contributed by atoms with Crippen LogP contribution in [0.5, 0.6) is 0 Å². The van der Waals surface area contributed by atoms with Crippen LogP contribution in [0.25, 0.3) is 10.9 Å². The molecule has 48 heavy (non-hydrogen) atoms. The van der Waals surface area contributed by atoms with E-state index in [2.05, 4.69) is 0 Å². The highest BCUT2D eigenvalue weighted by Crippen LogP contribution is 2.48. The lowest BCUT2D eigenvalue weighted by Gasteiger charge is -2.42.